The van der Waals surface area contributed by atoms with E-state index in [0.717, 1.165) is 19.3 Å². The molecule has 6 nitrogen and oxygen atoms in total. The Morgan fingerprint density at radius 2 is 2.32 bits per heavy atom. The standard InChI is InChI=1S/C16H16N4O2/c1-11-18-15(22-19-11)14-7-2-3-8-20(14)16(21)13-6-4-5-12(9-13)10-17/h4-6,9,14H,2-3,7-8H2,1H3. The van der Waals surface area contributed by atoms with E-state index in [-0.39, 0.29) is 11.9 Å². The lowest BCUT2D eigenvalue weighted by Gasteiger charge is -2.33. The van der Waals surface area contributed by atoms with Gasteiger partial charge in [0.1, 0.15) is 6.04 Å². The van der Waals surface area contributed by atoms with Crippen LogP contribution in [0.5, 0.6) is 0 Å². The summed E-state index contributed by atoms with van der Waals surface area (Å²) in [6.07, 6.45) is 2.78. The third-order valence-electron chi connectivity index (χ3n) is 3.83. The summed E-state index contributed by atoms with van der Waals surface area (Å²) in [5.74, 6) is 0.957. The maximum atomic E-state index is 12.8. The van der Waals surface area contributed by atoms with E-state index in [1.807, 2.05) is 0 Å². The zero-order chi connectivity index (χ0) is 15.5. The van der Waals surface area contributed by atoms with E-state index in [0.29, 0.717) is 29.4 Å². The summed E-state index contributed by atoms with van der Waals surface area (Å²) in [4.78, 5) is 18.8. The van der Waals surface area contributed by atoms with E-state index in [2.05, 4.69) is 16.2 Å². The van der Waals surface area contributed by atoms with Crippen LogP contribution < -0.4 is 0 Å². The normalized spacial score (nSPS) is 18.0. The van der Waals surface area contributed by atoms with E-state index in [9.17, 15) is 4.79 Å². The molecular weight excluding hydrogens is 280 g/mol. The number of nitriles is 1. The molecule has 22 heavy (non-hydrogen) atoms. The Bertz CT molecular complexity index is 732. The fraction of sp³-hybridized carbons (Fsp3) is 0.375. The van der Waals surface area contributed by atoms with Gasteiger partial charge in [0.2, 0.25) is 5.89 Å². The molecule has 1 atom stereocenters. The molecule has 112 valence electrons. The number of piperidine rings is 1. The number of nitrogens with zero attached hydrogens (tertiary/aromatic N) is 4. The molecule has 0 N–H and O–H groups in total. The van der Waals surface area contributed by atoms with Crippen LogP contribution in [0.15, 0.2) is 28.8 Å². The lowest BCUT2D eigenvalue weighted by Crippen LogP contribution is -2.38. The van der Waals surface area contributed by atoms with Crippen LogP contribution in [0.2, 0.25) is 0 Å². The van der Waals surface area contributed by atoms with Crippen molar-refractivity contribution in [1.29, 1.82) is 5.26 Å². The first-order valence-electron chi connectivity index (χ1n) is 7.30. The van der Waals surface area contributed by atoms with Gasteiger partial charge >= 0.3 is 0 Å². The van der Waals surface area contributed by atoms with Crippen molar-refractivity contribution in [3.8, 4) is 6.07 Å². The van der Waals surface area contributed by atoms with Gasteiger partial charge in [-0.05, 0) is 44.4 Å². The van der Waals surface area contributed by atoms with E-state index >= 15 is 0 Å². The van der Waals surface area contributed by atoms with Gasteiger partial charge in [-0.1, -0.05) is 11.2 Å². The highest BCUT2D eigenvalue weighted by atomic mass is 16.5. The zero-order valence-corrected chi connectivity index (χ0v) is 12.3. The summed E-state index contributed by atoms with van der Waals surface area (Å²) in [5.41, 5.74) is 0.996. The van der Waals surface area contributed by atoms with Crippen molar-refractivity contribution in [2.45, 2.75) is 32.2 Å². The Labute approximate surface area is 128 Å². The lowest BCUT2D eigenvalue weighted by atomic mass is 10.00. The summed E-state index contributed by atoms with van der Waals surface area (Å²) in [5, 5.41) is 12.8. The summed E-state index contributed by atoms with van der Waals surface area (Å²) in [6.45, 7) is 2.42. The van der Waals surface area contributed by atoms with Crippen molar-refractivity contribution in [3.63, 3.8) is 0 Å². The molecule has 6 heteroatoms. The fourth-order valence-electron chi connectivity index (χ4n) is 2.77. The lowest BCUT2D eigenvalue weighted by molar-refractivity contribution is 0.0561. The molecule has 0 spiro atoms. The van der Waals surface area contributed by atoms with Crippen molar-refractivity contribution in [2.75, 3.05) is 6.54 Å². The summed E-state index contributed by atoms with van der Waals surface area (Å²) in [6, 6.07) is 8.63. The second kappa shape index (κ2) is 5.98. The molecule has 1 amide bonds. The largest absolute Gasteiger partial charge is 0.337 e. The molecule has 1 saturated heterocycles. The third kappa shape index (κ3) is 2.70. The number of likely N-dealkylation sites (tertiary alicyclic amines) is 1. The molecule has 1 aromatic heterocycles. The molecule has 0 saturated carbocycles. The average molecular weight is 296 g/mol. The number of aromatic nitrogens is 2. The molecule has 1 aliphatic heterocycles. The van der Waals surface area contributed by atoms with Gasteiger partial charge in [0, 0.05) is 12.1 Å². The van der Waals surface area contributed by atoms with Crippen LogP contribution in [0.25, 0.3) is 0 Å². The van der Waals surface area contributed by atoms with Crippen molar-refractivity contribution < 1.29 is 9.32 Å². The van der Waals surface area contributed by atoms with E-state index in [1.54, 1.807) is 36.1 Å². The number of hydrogen-bond acceptors (Lipinski definition) is 5. The SMILES string of the molecule is Cc1noc(C2CCCCN2C(=O)c2cccc(C#N)c2)n1. The number of rotatable bonds is 2. The van der Waals surface area contributed by atoms with Gasteiger partial charge in [0.05, 0.1) is 11.6 Å². The molecule has 1 unspecified atom stereocenters. The summed E-state index contributed by atoms with van der Waals surface area (Å²) >= 11 is 0. The molecule has 2 aromatic rings. The minimum atomic E-state index is -0.187. The zero-order valence-electron chi connectivity index (χ0n) is 12.3. The number of aryl methyl sites for hydroxylation is 1. The fourth-order valence-corrected chi connectivity index (χ4v) is 2.77. The van der Waals surface area contributed by atoms with Crippen LogP contribution in [0.4, 0.5) is 0 Å². The Kier molecular flexibility index (Phi) is 3.88. The smallest absolute Gasteiger partial charge is 0.254 e. The minimum Gasteiger partial charge on any atom is -0.337 e. The number of carbonyl (C=O) groups excluding carboxylic acids is 1. The first kappa shape index (κ1) is 14.3. The van der Waals surface area contributed by atoms with Crippen molar-refractivity contribution in [3.05, 3.63) is 47.1 Å². The van der Waals surface area contributed by atoms with Gasteiger partial charge in [-0.25, -0.2) is 0 Å². The Morgan fingerprint density at radius 3 is 3.05 bits per heavy atom. The molecule has 1 aromatic carbocycles. The van der Waals surface area contributed by atoms with Crippen LogP contribution in [0.1, 0.15) is 52.9 Å². The van der Waals surface area contributed by atoms with Crippen LogP contribution in [0, 0.1) is 18.3 Å². The van der Waals surface area contributed by atoms with Crippen LogP contribution in [-0.2, 0) is 0 Å². The average Bonchev–Trinajstić information content (AvgIpc) is 3.00. The Morgan fingerprint density at radius 1 is 1.45 bits per heavy atom. The second-order valence-electron chi connectivity index (χ2n) is 5.38. The van der Waals surface area contributed by atoms with E-state index in [4.69, 9.17) is 9.78 Å². The van der Waals surface area contributed by atoms with Gasteiger partial charge in [-0.15, -0.1) is 0 Å². The maximum Gasteiger partial charge on any atom is 0.254 e. The van der Waals surface area contributed by atoms with Crippen LogP contribution in [0.3, 0.4) is 0 Å². The van der Waals surface area contributed by atoms with Crippen molar-refractivity contribution in [1.82, 2.24) is 15.0 Å². The molecule has 0 aliphatic carbocycles. The maximum absolute atomic E-state index is 12.8. The number of carbonyl (C=O) groups is 1. The van der Waals surface area contributed by atoms with Crippen molar-refractivity contribution >= 4 is 5.91 Å². The highest BCUT2D eigenvalue weighted by Crippen LogP contribution is 2.31. The molecule has 1 aliphatic rings. The molecule has 2 heterocycles. The first-order chi connectivity index (χ1) is 10.7. The van der Waals surface area contributed by atoms with Crippen molar-refractivity contribution in [2.24, 2.45) is 0 Å². The first-order valence-corrected chi connectivity index (χ1v) is 7.30. The highest BCUT2D eigenvalue weighted by Gasteiger charge is 2.32. The van der Waals surface area contributed by atoms with Gasteiger partial charge in [0.25, 0.3) is 5.91 Å². The predicted octanol–water partition coefficient (Wildman–Crippen LogP) is 2.62. The van der Waals surface area contributed by atoms with Gasteiger partial charge in [-0.3, -0.25) is 4.79 Å². The van der Waals surface area contributed by atoms with Gasteiger partial charge in [0.15, 0.2) is 5.82 Å². The van der Waals surface area contributed by atoms with Gasteiger partial charge in [-0.2, -0.15) is 10.2 Å². The Balaban J connectivity index is 1.90. The van der Waals surface area contributed by atoms with Crippen LogP contribution in [-0.4, -0.2) is 27.5 Å². The molecule has 0 bridgehead atoms. The highest BCUT2D eigenvalue weighted by molar-refractivity contribution is 5.94. The molecule has 1 fully saturated rings. The summed E-state index contributed by atoms with van der Waals surface area (Å²) in [7, 11) is 0. The van der Waals surface area contributed by atoms with Crippen LogP contribution >= 0.6 is 0 Å². The predicted molar refractivity (Wildman–Crippen MR) is 77.8 cm³/mol. The number of amides is 1. The van der Waals surface area contributed by atoms with E-state index in [1.165, 1.54) is 0 Å². The topological polar surface area (TPSA) is 83.0 Å². The monoisotopic (exact) mass is 296 g/mol. The van der Waals surface area contributed by atoms with E-state index < -0.39 is 0 Å². The molecule has 3 rings (SSSR count). The third-order valence-corrected chi connectivity index (χ3v) is 3.83. The minimum absolute atomic E-state index is 0.0994. The number of hydrogen-bond donors (Lipinski definition) is 0. The quantitative estimate of drug-likeness (QED) is 0.850. The molecule has 0 radical (unpaired) electrons. The summed E-state index contributed by atoms with van der Waals surface area (Å²) < 4.78 is 5.26. The Hall–Kier alpha value is -2.68. The second-order valence-corrected chi connectivity index (χ2v) is 5.38. The van der Waals surface area contributed by atoms with Gasteiger partial charge < -0.3 is 9.42 Å². The number of benzene rings is 1. The molecular formula is C16H16N4O2.